The first kappa shape index (κ1) is 98.7. The van der Waals surface area contributed by atoms with Gasteiger partial charge in [0.2, 0.25) is 76.8 Å². The van der Waals surface area contributed by atoms with Gasteiger partial charge in [0.15, 0.2) is 0 Å². The fourth-order valence-corrected chi connectivity index (χ4v) is 13.1. The molecule has 0 aromatic heterocycles. The summed E-state index contributed by atoms with van der Waals surface area (Å²) >= 11 is 0. The second-order valence-corrected chi connectivity index (χ2v) is 31.9. The third-order valence-electron chi connectivity index (χ3n) is 19.0. The summed E-state index contributed by atoms with van der Waals surface area (Å²) < 4.78 is 0. The molecule has 13 amide bonds. The summed E-state index contributed by atoms with van der Waals surface area (Å²) in [5, 5.41) is 40.0. The van der Waals surface area contributed by atoms with Crippen molar-refractivity contribution in [1.29, 1.82) is 0 Å². The zero-order valence-corrected chi connectivity index (χ0v) is 68.0. The van der Waals surface area contributed by atoms with E-state index in [0.29, 0.717) is 57.8 Å². The van der Waals surface area contributed by atoms with E-state index in [4.69, 9.17) is 34.4 Å². The van der Waals surface area contributed by atoms with Crippen molar-refractivity contribution in [3.63, 3.8) is 0 Å². The van der Waals surface area contributed by atoms with Crippen molar-refractivity contribution in [3.8, 4) is 0 Å². The molecule has 0 saturated carbocycles. The highest BCUT2D eigenvalue weighted by Gasteiger charge is 2.42. The molecule has 33 heteroatoms. The summed E-state index contributed by atoms with van der Waals surface area (Å²) in [4.78, 5) is 198. The van der Waals surface area contributed by atoms with Crippen molar-refractivity contribution in [2.45, 2.75) is 303 Å². The monoisotopic (exact) mass is 1570 g/mol. The molecule has 1 aromatic rings. The highest BCUT2D eigenvalue weighted by molar-refractivity contribution is 6.00. The summed E-state index contributed by atoms with van der Waals surface area (Å²) in [6, 6.07) is -6.77. The zero-order chi connectivity index (χ0) is 83.6. The number of nitrogens with two attached hydrogens (primary N) is 6. The minimum Gasteiger partial charge on any atom is -0.481 e. The summed E-state index contributed by atoms with van der Waals surface area (Å²) in [6.07, 6.45) is 3.80. The van der Waals surface area contributed by atoms with Gasteiger partial charge in [-0.15, -0.1) is 0 Å². The van der Waals surface area contributed by atoms with Gasteiger partial charge in [-0.05, 0) is 202 Å². The Bertz CT molecular complexity index is 3100. The molecule has 0 spiro atoms. The Kier molecular flexibility index (Phi) is 46.9. The van der Waals surface area contributed by atoms with Crippen molar-refractivity contribution in [3.05, 3.63) is 35.9 Å². The molecule has 24 N–H and O–H groups in total. The molecule has 33 nitrogen and oxygen atoms in total. The van der Waals surface area contributed by atoms with Gasteiger partial charge in [-0.25, -0.2) is 0 Å². The highest BCUT2D eigenvalue weighted by Crippen LogP contribution is 2.23. The van der Waals surface area contributed by atoms with Gasteiger partial charge in [0, 0.05) is 13.0 Å². The van der Waals surface area contributed by atoms with E-state index in [1.807, 2.05) is 71.9 Å². The van der Waals surface area contributed by atoms with Crippen LogP contribution < -0.4 is 92.9 Å². The Labute approximate surface area is 657 Å². The number of aliphatic carboxylic acids is 1. The second kappa shape index (κ2) is 52.8. The molecule has 1 fully saturated rings. The quantitative estimate of drug-likeness (QED) is 0.0398. The Morgan fingerprint density at radius 2 is 0.712 bits per heavy atom. The van der Waals surface area contributed by atoms with Crippen LogP contribution in [0.3, 0.4) is 0 Å². The van der Waals surface area contributed by atoms with Gasteiger partial charge in [-0.1, -0.05) is 113 Å². The molecule has 0 aliphatic carbocycles. The minimum absolute atomic E-state index is 0.00971. The molecule has 0 bridgehead atoms. The van der Waals surface area contributed by atoms with Crippen LogP contribution in [-0.4, -0.2) is 204 Å². The van der Waals surface area contributed by atoms with Crippen LogP contribution in [0.4, 0.5) is 0 Å². The largest absolute Gasteiger partial charge is 0.481 e. The molecule has 630 valence electrons. The number of hydrogen-bond acceptors (Lipinski definition) is 19. The van der Waals surface area contributed by atoms with E-state index >= 15 is 0 Å². The van der Waals surface area contributed by atoms with Gasteiger partial charge >= 0.3 is 5.97 Å². The van der Waals surface area contributed by atoms with Crippen LogP contribution in [0.2, 0.25) is 0 Å². The predicted molar refractivity (Wildman–Crippen MR) is 424 cm³/mol. The Morgan fingerprint density at radius 3 is 1.07 bits per heavy atom. The maximum atomic E-state index is 14.7. The van der Waals surface area contributed by atoms with E-state index < -0.39 is 180 Å². The van der Waals surface area contributed by atoms with Crippen molar-refractivity contribution < 1.29 is 72.2 Å². The molecular weight excluding hydrogens is 1430 g/mol. The second-order valence-electron chi connectivity index (χ2n) is 31.9. The first-order valence-electron chi connectivity index (χ1n) is 40.1. The fourth-order valence-electron chi connectivity index (χ4n) is 13.1. The van der Waals surface area contributed by atoms with Gasteiger partial charge in [0.25, 0.3) is 0 Å². The minimum atomic E-state index is -1.59. The number of hydrogen-bond donors (Lipinski definition) is 18. The van der Waals surface area contributed by atoms with Gasteiger partial charge < -0.3 is 103 Å². The maximum Gasteiger partial charge on any atom is 0.303 e. The Balaban J connectivity index is 2.50. The van der Waals surface area contributed by atoms with Gasteiger partial charge in [0.1, 0.15) is 72.5 Å². The highest BCUT2D eigenvalue weighted by atomic mass is 16.4. The number of nitrogens with one attached hydrogen (secondary N) is 11. The van der Waals surface area contributed by atoms with Crippen LogP contribution in [0.15, 0.2) is 30.3 Å². The topological polar surface area (TPSA) is 551 Å². The average molecular weight is 1570 g/mol. The standard InChI is InChI=1S/C78H138N18O15/c1-45(2)39-58(66(84)99)90-74(107)60(41-47(5)6)91-70(103)54(28-17-21-35-80)86-71(104)57(32-33-64(97)98)87-73(106)59(40-46(3)4)93-75(108)61(42-48(7)8)92-69(102)53(27-16-20-34-79)85-68(101)55(29-18-22-36-81)89-77(110)65(50(11)12)95-72(105)56(30-19-23-37-82)88-76(109)63-31-24-38-96(63)78(111)62(43-49(9)10)94-67(100)52(83)44-51-25-14-13-15-26-51/h13-15,25-26,45-50,52-63,65H,16-24,27-44,79-83H2,1-12H3,(H2,84,99)(H,85,101)(H,86,104)(H,87,106)(H,88,109)(H,89,110)(H,90,107)(H,91,103)(H,92,102)(H,93,108)(H,94,100)(H,95,105)(H,97,98)/t52-,53-,54?,55-,56-,57-,58-,59-,60-,61-,62-,63-,65-/m0/s1. The van der Waals surface area contributed by atoms with Crippen molar-refractivity contribution >= 4 is 82.8 Å². The summed E-state index contributed by atoms with van der Waals surface area (Å²) in [5.74, 6) is -12.2. The molecule has 1 aliphatic rings. The third kappa shape index (κ3) is 38.1. The number of likely N-dealkylation sites (tertiary alicyclic amines) is 1. The third-order valence-corrected chi connectivity index (χ3v) is 19.0. The lowest BCUT2D eigenvalue weighted by molar-refractivity contribution is -0.142. The lowest BCUT2D eigenvalue weighted by atomic mass is 9.98. The first-order chi connectivity index (χ1) is 52.4. The maximum absolute atomic E-state index is 14.7. The summed E-state index contributed by atoms with van der Waals surface area (Å²) in [6.45, 7) is 22.8. The fraction of sp³-hybridized carbons (Fsp3) is 0.744. The number of rotatable bonds is 56. The normalized spacial score (nSPS) is 16.2. The lowest BCUT2D eigenvalue weighted by Crippen LogP contribution is -2.61. The van der Waals surface area contributed by atoms with Gasteiger partial charge in [0.05, 0.1) is 6.04 Å². The van der Waals surface area contributed by atoms with Crippen LogP contribution >= 0.6 is 0 Å². The van der Waals surface area contributed by atoms with Crippen LogP contribution in [0, 0.1) is 35.5 Å². The molecule has 1 aromatic carbocycles. The number of carbonyl (C=O) groups excluding carboxylic acids is 13. The Hall–Kier alpha value is -8.40. The number of primary amides is 1. The number of carboxylic acids is 1. The molecule has 1 aliphatic heterocycles. The number of unbranched alkanes of at least 4 members (excludes halogenated alkanes) is 4. The smallest absolute Gasteiger partial charge is 0.303 e. The van der Waals surface area contributed by atoms with Crippen LogP contribution in [0.1, 0.15) is 223 Å². The molecule has 1 unspecified atom stereocenters. The van der Waals surface area contributed by atoms with E-state index in [-0.39, 0.29) is 133 Å². The van der Waals surface area contributed by atoms with Crippen LogP contribution in [-0.2, 0) is 73.5 Å². The zero-order valence-electron chi connectivity index (χ0n) is 68.0. The first-order valence-corrected chi connectivity index (χ1v) is 40.1. The number of carboxylic acid groups (broad SMARTS) is 1. The van der Waals surface area contributed by atoms with Crippen molar-refractivity contribution in [2.24, 2.45) is 69.9 Å². The lowest BCUT2D eigenvalue weighted by Gasteiger charge is -2.31. The van der Waals surface area contributed by atoms with Crippen LogP contribution in [0.5, 0.6) is 0 Å². The molecule has 13 atom stereocenters. The number of amides is 13. The Morgan fingerprint density at radius 1 is 0.396 bits per heavy atom. The molecule has 111 heavy (non-hydrogen) atoms. The number of benzene rings is 1. The van der Waals surface area contributed by atoms with E-state index in [1.165, 1.54) is 4.90 Å². The van der Waals surface area contributed by atoms with E-state index in [2.05, 4.69) is 58.5 Å². The molecule has 2 rings (SSSR count). The average Bonchev–Trinajstić information content (AvgIpc) is 1.79. The van der Waals surface area contributed by atoms with E-state index in [1.54, 1.807) is 41.5 Å². The van der Waals surface area contributed by atoms with Crippen LogP contribution in [0.25, 0.3) is 0 Å². The van der Waals surface area contributed by atoms with E-state index in [9.17, 15) is 72.2 Å². The number of carbonyl (C=O) groups is 14. The SMILES string of the molecule is CC(C)C[C@H](NC(=O)[C@H](CC(C)C)NC(=O)C(CCCCN)NC(=O)[C@H](CCC(=O)O)NC(=O)[C@H](CC(C)C)NC(=O)[C@H](CC(C)C)NC(=O)[C@H](CCCCN)NC(=O)[C@H](CCCCN)NC(=O)[C@@H](NC(=O)[C@H](CCCCN)NC(=O)[C@@H]1CCCN1C(=O)[C@H](CC(C)C)NC(=O)[C@@H](N)Cc1ccccc1)C(C)C)C(N)=O. The van der Waals surface area contributed by atoms with Gasteiger partial charge in [-0.2, -0.15) is 0 Å². The number of nitrogens with zero attached hydrogens (tertiary/aromatic N) is 1. The molecule has 1 heterocycles. The van der Waals surface area contributed by atoms with Crippen molar-refractivity contribution in [2.75, 3.05) is 32.7 Å². The molecule has 1 saturated heterocycles. The predicted octanol–water partition coefficient (Wildman–Crippen LogP) is 0.633. The summed E-state index contributed by atoms with van der Waals surface area (Å²) in [7, 11) is 0. The molecular formula is C78H138N18O15. The van der Waals surface area contributed by atoms with Crippen molar-refractivity contribution in [1.82, 2.24) is 63.4 Å². The van der Waals surface area contributed by atoms with Gasteiger partial charge in [-0.3, -0.25) is 67.1 Å². The summed E-state index contributed by atoms with van der Waals surface area (Å²) in [5.41, 5.74) is 36.3. The molecule has 0 radical (unpaired) electrons. The van der Waals surface area contributed by atoms with E-state index in [0.717, 1.165) is 5.56 Å².